The molecule has 1 heterocycles. The van der Waals surface area contributed by atoms with Gasteiger partial charge >= 0.3 is 0 Å². The molecule has 2 aromatic rings. The number of nitro benzene ring substituents is 1. The van der Waals surface area contributed by atoms with Crippen LogP contribution in [0.15, 0.2) is 30.3 Å². The predicted octanol–water partition coefficient (Wildman–Crippen LogP) is 4.18. The molecule has 104 valence electrons. The van der Waals surface area contributed by atoms with E-state index in [1.807, 2.05) is 0 Å². The monoisotopic (exact) mass is 312 g/mol. The van der Waals surface area contributed by atoms with Crippen molar-refractivity contribution in [3.63, 3.8) is 0 Å². The first-order valence-electron chi connectivity index (χ1n) is 5.66. The number of halogens is 2. The lowest BCUT2D eigenvalue weighted by Crippen LogP contribution is -2.00. The summed E-state index contributed by atoms with van der Waals surface area (Å²) >= 11 is 11.7. The molecule has 1 aromatic carbocycles. The highest BCUT2D eigenvalue weighted by molar-refractivity contribution is 6.32. The Kier molecular flexibility index (Phi) is 4.42. The summed E-state index contributed by atoms with van der Waals surface area (Å²) in [6, 6.07) is 7.75. The van der Waals surface area contributed by atoms with Crippen molar-refractivity contribution in [2.24, 2.45) is 0 Å². The summed E-state index contributed by atoms with van der Waals surface area (Å²) in [7, 11) is 0. The number of benzene rings is 1. The summed E-state index contributed by atoms with van der Waals surface area (Å²) in [5.74, 6) is 0.506. The second-order valence-electron chi connectivity index (χ2n) is 4.06. The summed E-state index contributed by atoms with van der Waals surface area (Å²) in [6.45, 7) is 1.78. The van der Waals surface area contributed by atoms with Crippen LogP contribution in [0, 0.1) is 17.0 Å². The van der Waals surface area contributed by atoms with Gasteiger partial charge in [-0.05, 0) is 31.2 Å². The molecule has 0 unspecified atom stereocenters. The quantitative estimate of drug-likeness (QED) is 0.482. The van der Waals surface area contributed by atoms with Crippen LogP contribution in [0.3, 0.4) is 0 Å². The topological polar surface area (TPSA) is 65.3 Å². The minimum atomic E-state index is -0.436. The van der Waals surface area contributed by atoms with Crippen LogP contribution in [0.25, 0.3) is 0 Å². The summed E-state index contributed by atoms with van der Waals surface area (Å²) in [5, 5.41) is 11.5. The second kappa shape index (κ2) is 6.07. The molecule has 5 nitrogen and oxygen atoms in total. The van der Waals surface area contributed by atoms with Gasteiger partial charge in [-0.1, -0.05) is 23.2 Å². The van der Waals surface area contributed by atoms with Gasteiger partial charge in [-0.25, -0.2) is 4.98 Å². The third kappa shape index (κ3) is 3.37. The molecule has 0 bridgehead atoms. The van der Waals surface area contributed by atoms with Gasteiger partial charge < -0.3 is 4.74 Å². The Hall–Kier alpha value is -1.85. The number of nitrogens with zero attached hydrogens (tertiary/aromatic N) is 2. The van der Waals surface area contributed by atoms with E-state index in [9.17, 15) is 10.1 Å². The van der Waals surface area contributed by atoms with Crippen molar-refractivity contribution in [2.45, 2.75) is 13.5 Å². The molecule has 0 aliphatic heterocycles. The van der Waals surface area contributed by atoms with Gasteiger partial charge in [-0.3, -0.25) is 10.1 Å². The van der Waals surface area contributed by atoms with Crippen LogP contribution >= 0.6 is 23.2 Å². The lowest BCUT2D eigenvalue weighted by atomic mass is 10.2. The Bertz CT molecular complexity index is 662. The molecular weight excluding hydrogens is 303 g/mol. The van der Waals surface area contributed by atoms with Crippen LogP contribution in [0.5, 0.6) is 5.75 Å². The van der Waals surface area contributed by atoms with E-state index in [-0.39, 0.29) is 12.3 Å². The number of ether oxygens (including phenoxy) is 1. The molecule has 0 aliphatic carbocycles. The summed E-state index contributed by atoms with van der Waals surface area (Å²) < 4.78 is 5.52. The summed E-state index contributed by atoms with van der Waals surface area (Å²) in [5.41, 5.74) is 1.09. The second-order valence-corrected chi connectivity index (χ2v) is 4.85. The van der Waals surface area contributed by atoms with Gasteiger partial charge in [0.15, 0.2) is 0 Å². The largest absolute Gasteiger partial charge is 0.487 e. The summed E-state index contributed by atoms with van der Waals surface area (Å²) in [6.07, 6.45) is 0. The van der Waals surface area contributed by atoms with Crippen LogP contribution < -0.4 is 4.74 Å². The molecular formula is C13H10Cl2N2O3. The zero-order chi connectivity index (χ0) is 14.7. The zero-order valence-electron chi connectivity index (χ0n) is 10.5. The Labute approximate surface area is 125 Å². The molecule has 0 amide bonds. The van der Waals surface area contributed by atoms with E-state index in [4.69, 9.17) is 27.9 Å². The molecule has 0 atom stereocenters. The van der Waals surface area contributed by atoms with Gasteiger partial charge in [0.25, 0.3) is 5.69 Å². The molecule has 0 fully saturated rings. The third-order valence-corrected chi connectivity index (χ3v) is 3.18. The smallest absolute Gasteiger partial charge is 0.272 e. The molecule has 0 N–H and O–H groups in total. The summed E-state index contributed by atoms with van der Waals surface area (Å²) in [4.78, 5) is 14.3. The fraction of sp³-hybridized carbons (Fsp3) is 0.154. The highest BCUT2D eigenvalue weighted by Crippen LogP contribution is 2.24. The van der Waals surface area contributed by atoms with Crippen molar-refractivity contribution in [3.8, 4) is 5.75 Å². The number of hydrogen-bond acceptors (Lipinski definition) is 4. The standard InChI is InChI=1S/C13H10Cl2N2O3/c1-8-6-9(2-4-12(8)17(18)19)20-7-11-10(14)3-5-13(15)16-11/h2-6H,7H2,1H3. The molecule has 0 radical (unpaired) electrons. The molecule has 7 heteroatoms. The van der Waals surface area contributed by atoms with Crippen molar-refractivity contribution in [1.29, 1.82) is 0 Å². The fourth-order valence-electron chi connectivity index (χ4n) is 1.63. The van der Waals surface area contributed by atoms with Gasteiger partial charge in [0.2, 0.25) is 0 Å². The van der Waals surface area contributed by atoms with Crippen LogP contribution in [0.1, 0.15) is 11.3 Å². The maximum absolute atomic E-state index is 10.7. The van der Waals surface area contributed by atoms with Gasteiger partial charge in [0, 0.05) is 11.6 Å². The average molecular weight is 313 g/mol. The molecule has 0 saturated carbocycles. The van der Waals surface area contributed by atoms with Gasteiger partial charge in [-0.2, -0.15) is 0 Å². The van der Waals surface area contributed by atoms with Crippen molar-refractivity contribution in [2.75, 3.05) is 0 Å². The Morgan fingerprint density at radius 2 is 2.05 bits per heavy atom. The van der Waals surface area contributed by atoms with E-state index < -0.39 is 4.92 Å². The molecule has 0 aliphatic rings. The van der Waals surface area contributed by atoms with Crippen molar-refractivity contribution in [3.05, 3.63) is 61.9 Å². The van der Waals surface area contributed by atoms with E-state index in [2.05, 4.69) is 4.98 Å². The van der Waals surface area contributed by atoms with E-state index in [1.165, 1.54) is 12.1 Å². The zero-order valence-corrected chi connectivity index (χ0v) is 12.0. The van der Waals surface area contributed by atoms with Crippen LogP contribution in [-0.4, -0.2) is 9.91 Å². The first-order chi connectivity index (χ1) is 9.47. The highest BCUT2D eigenvalue weighted by Gasteiger charge is 2.11. The molecule has 20 heavy (non-hydrogen) atoms. The van der Waals surface area contributed by atoms with Crippen LogP contribution in [0.2, 0.25) is 10.2 Å². The number of rotatable bonds is 4. The highest BCUT2D eigenvalue weighted by atomic mass is 35.5. The number of hydrogen-bond donors (Lipinski definition) is 0. The van der Waals surface area contributed by atoms with E-state index in [0.717, 1.165) is 0 Å². The SMILES string of the molecule is Cc1cc(OCc2nc(Cl)ccc2Cl)ccc1[N+](=O)[O-]. The number of aromatic nitrogens is 1. The van der Waals surface area contributed by atoms with Crippen molar-refractivity contribution < 1.29 is 9.66 Å². The fourth-order valence-corrected chi connectivity index (χ4v) is 1.96. The first-order valence-corrected chi connectivity index (χ1v) is 6.41. The molecule has 1 aromatic heterocycles. The van der Waals surface area contributed by atoms with Crippen molar-refractivity contribution in [1.82, 2.24) is 4.98 Å². The maximum atomic E-state index is 10.7. The Morgan fingerprint density at radius 1 is 1.30 bits per heavy atom. The Morgan fingerprint density at radius 3 is 2.70 bits per heavy atom. The van der Waals surface area contributed by atoms with Gasteiger partial charge in [0.1, 0.15) is 17.5 Å². The third-order valence-electron chi connectivity index (χ3n) is 2.63. The number of aryl methyl sites for hydroxylation is 1. The average Bonchev–Trinajstić information content (AvgIpc) is 2.39. The van der Waals surface area contributed by atoms with Gasteiger partial charge in [0.05, 0.1) is 15.6 Å². The maximum Gasteiger partial charge on any atom is 0.272 e. The molecule has 0 spiro atoms. The van der Waals surface area contributed by atoms with E-state index in [1.54, 1.807) is 25.1 Å². The van der Waals surface area contributed by atoms with Crippen molar-refractivity contribution >= 4 is 28.9 Å². The normalized spacial score (nSPS) is 10.3. The lowest BCUT2D eigenvalue weighted by molar-refractivity contribution is -0.385. The van der Waals surface area contributed by atoms with Crippen LogP contribution in [-0.2, 0) is 6.61 Å². The minimum Gasteiger partial charge on any atom is -0.487 e. The lowest BCUT2D eigenvalue weighted by Gasteiger charge is -2.08. The van der Waals surface area contributed by atoms with E-state index in [0.29, 0.717) is 27.2 Å². The predicted molar refractivity (Wildman–Crippen MR) is 76.4 cm³/mol. The van der Waals surface area contributed by atoms with E-state index >= 15 is 0 Å². The first kappa shape index (κ1) is 14.6. The Balaban J connectivity index is 2.13. The number of pyridine rings is 1. The number of nitro groups is 1. The minimum absolute atomic E-state index is 0.0521. The van der Waals surface area contributed by atoms with Gasteiger partial charge in [-0.15, -0.1) is 0 Å². The molecule has 2 rings (SSSR count). The van der Waals surface area contributed by atoms with Crippen LogP contribution in [0.4, 0.5) is 5.69 Å². The molecule has 0 saturated heterocycles.